The number of rotatable bonds is 4. The largest absolute Gasteiger partial charge is 0.374 e. The van der Waals surface area contributed by atoms with Gasteiger partial charge >= 0.3 is 0 Å². The highest BCUT2D eigenvalue weighted by Crippen LogP contribution is 2.06. The molecular formula is C16H26N4O. The van der Waals surface area contributed by atoms with Gasteiger partial charge in [0.15, 0.2) is 5.96 Å². The van der Waals surface area contributed by atoms with Gasteiger partial charge in [-0.2, -0.15) is 0 Å². The molecule has 1 aliphatic heterocycles. The molecular weight excluding hydrogens is 264 g/mol. The number of nitrogens with one attached hydrogen (secondary N) is 2. The number of aryl methyl sites for hydroxylation is 1. The lowest BCUT2D eigenvalue weighted by atomic mass is 10.1. The molecule has 1 aromatic rings. The van der Waals surface area contributed by atoms with E-state index in [0.717, 1.165) is 38.7 Å². The summed E-state index contributed by atoms with van der Waals surface area (Å²) < 4.78 is 5.74. The second-order valence-electron chi connectivity index (χ2n) is 5.49. The molecule has 0 saturated carbocycles. The third-order valence-electron chi connectivity index (χ3n) is 3.77. The van der Waals surface area contributed by atoms with Crippen LogP contribution in [0.3, 0.4) is 0 Å². The predicted molar refractivity (Wildman–Crippen MR) is 86.6 cm³/mol. The Hall–Kier alpha value is -1.59. The Morgan fingerprint density at radius 2 is 2.19 bits per heavy atom. The lowest BCUT2D eigenvalue weighted by Crippen LogP contribution is -2.48. The minimum absolute atomic E-state index is 0.223. The van der Waals surface area contributed by atoms with Crippen molar-refractivity contribution in [3.05, 3.63) is 35.4 Å². The van der Waals surface area contributed by atoms with Gasteiger partial charge in [-0.1, -0.05) is 24.3 Å². The summed E-state index contributed by atoms with van der Waals surface area (Å²) in [5.41, 5.74) is 2.58. The number of aliphatic imine (C=N–C) groups is 1. The van der Waals surface area contributed by atoms with Gasteiger partial charge in [0.05, 0.1) is 12.7 Å². The monoisotopic (exact) mass is 290 g/mol. The molecule has 0 radical (unpaired) electrons. The number of nitrogens with zero attached hydrogens (tertiary/aromatic N) is 2. The molecule has 5 heteroatoms. The second kappa shape index (κ2) is 8.00. The van der Waals surface area contributed by atoms with Crippen LogP contribution < -0.4 is 10.6 Å². The fraction of sp³-hybridized carbons (Fsp3) is 0.562. The van der Waals surface area contributed by atoms with Gasteiger partial charge in [0.1, 0.15) is 0 Å². The molecule has 0 aromatic heterocycles. The normalized spacial score (nSPS) is 20.3. The number of hydrogen-bond donors (Lipinski definition) is 2. The van der Waals surface area contributed by atoms with E-state index in [9.17, 15) is 0 Å². The molecule has 1 atom stereocenters. The fourth-order valence-corrected chi connectivity index (χ4v) is 2.41. The number of hydrogen-bond acceptors (Lipinski definition) is 3. The summed E-state index contributed by atoms with van der Waals surface area (Å²) in [6.07, 6.45) is 0.223. The molecule has 1 unspecified atom stereocenters. The van der Waals surface area contributed by atoms with Gasteiger partial charge in [-0.25, -0.2) is 0 Å². The molecule has 0 amide bonds. The summed E-state index contributed by atoms with van der Waals surface area (Å²) in [4.78, 5) is 6.55. The summed E-state index contributed by atoms with van der Waals surface area (Å²) in [6.45, 7) is 6.45. The Labute approximate surface area is 127 Å². The zero-order valence-corrected chi connectivity index (χ0v) is 13.2. The molecule has 1 fully saturated rings. The fourth-order valence-electron chi connectivity index (χ4n) is 2.41. The van der Waals surface area contributed by atoms with E-state index in [0.29, 0.717) is 0 Å². The van der Waals surface area contributed by atoms with Crippen LogP contribution in [0.2, 0.25) is 0 Å². The quantitative estimate of drug-likeness (QED) is 0.641. The number of guanidine groups is 1. The van der Waals surface area contributed by atoms with Crippen LogP contribution in [0.1, 0.15) is 11.1 Å². The zero-order chi connectivity index (χ0) is 15.1. The lowest BCUT2D eigenvalue weighted by Gasteiger charge is -2.30. The Morgan fingerprint density at radius 3 is 2.90 bits per heavy atom. The van der Waals surface area contributed by atoms with E-state index in [2.05, 4.69) is 58.8 Å². The topological polar surface area (TPSA) is 48.9 Å². The molecule has 2 rings (SSSR count). The molecule has 1 saturated heterocycles. The summed E-state index contributed by atoms with van der Waals surface area (Å²) in [5.74, 6) is 0.815. The van der Waals surface area contributed by atoms with E-state index >= 15 is 0 Å². The summed E-state index contributed by atoms with van der Waals surface area (Å²) in [5, 5.41) is 6.68. The minimum atomic E-state index is 0.223. The molecule has 21 heavy (non-hydrogen) atoms. The molecule has 0 bridgehead atoms. The summed E-state index contributed by atoms with van der Waals surface area (Å²) >= 11 is 0. The Morgan fingerprint density at radius 1 is 1.38 bits per heavy atom. The van der Waals surface area contributed by atoms with E-state index in [-0.39, 0.29) is 6.10 Å². The van der Waals surface area contributed by atoms with Crippen molar-refractivity contribution >= 4 is 5.96 Å². The SMILES string of the molecule is CN=C(NCc1ccccc1C)NCC1CN(C)CCO1. The highest BCUT2D eigenvalue weighted by atomic mass is 16.5. The molecule has 1 aliphatic rings. The van der Waals surface area contributed by atoms with Crippen LogP contribution in [0.4, 0.5) is 0 Å². The van der Waals surface area contributed by atoms with Crippen LogP contribution >= 0.6 is 0 Å². The first-order valence-corrected chi connectivity index (χ1v) is 7.48. The minimum Gasteiger partial charge on any atom is -0.374 e. The van der Waals surface area contributed by atoms with Crippen LogP contribution in [0.25, 0.3) is 0 Å². The summed E-state index contributed by atoms with van der Waals surface area (Å²) in [7, 11) is 3.92. The molecule has 116 valence electrons. The van der Waals surface area contributed by atoms with Crippen molar-refractivity contribution in [3.8, 4) is 0 Å². The van der Waals surface area contributed by atoms with Crippen LogP contribution in [-0.4, -0.2) is 57.3 Å². The molecule has 0 aliphatic carbocycles. The van der Waals surface area contributed by atoms with Crippen LogP contribution in [0.5, 0.6) is 0 Å². The van der Waals surface area contributed by atoms with Gasteiger partial charge in [0.2, 0.25) is 0 Å². The highest BCUT2D eigenvalue weighted by molar-refractivity contribution is 5.79. The van der Waals surface area contributed by atoms with Gasteiger partial charge < -0.3 is 20.3 Å². The van der Waals surface area contributed by atoms with Crippen molar-refractivity contribution < 1.29 is 4.74 Å². The summed E-state index contributed by atoms with van der Waals surface area (Å²) in [6, 6.07) is 8.38. The van der Waals surface area contributed by atoms with Gasteiger partial charge in [0.25, 0.3) is 0 Å². The van der Waals surface area contributed by atoms with E-state index in [4.69, 9.17) is 4.74 Å². The maximum absolute atomic E-state index is 5.74. The maximum Gasteiger partial charge on any atom is 0.191 e. The smallest absolute Gasteiger partial charge is 0.191 e. The first-order chi connectivity index (χ1) is 10.2. The molecule has 1 heterocycles. The average Bonchev–Trinajstić information content (AvgIpc) is 2.49. The third kappa shape index (κ3) is 5.02. The Balaban J connectivity index is 1.77. The van der Waals surface area contributed by atoms with E-state index in [1.807, 2.05) is 0 Å². The first kappa shape index (κ1) is 15.8. The first-order valence-electron chi connectivity index (χ1n) is 7.48. The third-order valence-corrected chi connectivity index (χ3v) is 3.77. The van der Waals surface area contributed by atoms with Crippen LogP contribution in [-0.2, 0) is 11.3 Å². The lowest BCUT2D eigenvalue weighted by molar-refractivity contribution is -0.0161. The number of ether oxygens (including phenoxy) is 1. The van der Waals surface area contributed by atoms with Crippen molar-refractivity contribution in [2.24, 2.45) is 4.99 Å². The van der Waals surface area contributed by atoms with Gasteiger partial charge in [-0.3, -0.25) is 4.99 Å². The molecule has 2 N–H and O–H groups in total. The van der Waals surface area contributed by atoms with Crippen LogP contribution in [0.15, 0.2) is 29.3 Å². The highest BCUT2D eigenvalue weighted by Gasteiger charge is 2.17. The number of likely N-dealkylation sites (N-methyl/N-ethyl adjacent to an activating group) is 1. The van der Waals surface area contributed by atoms with Crippen molar-refractivity contribution in [1.82, 2.24) is 15.5 Å². The number of benzene rings is 1. The Kier molecular flexibility index (Phi) is 6.02. The molecule has 1 aromatic carbocycles. The van der Waals surface area contributed by atoms with Crippen molar-refractivity contribution in [2.45, 2.75) is 19.6 Å². The van der Waals surface area contributed by atoms with Gasteiger partial charge in [0, 0.05) is 33.2 Å². The van der Waals surface area contributed by atoms with Gasteiger partial charge in [-0.15, -0.1) is 0 Å². The van der Waals surface area contributed by atoms with Crippen molar-refractivity contribution in [3.63, 3.8) is 0 Å². The predicted octanol–water partition coefficient (Wildman–Crippen LogP) is 0.991. The second-order valence-corrected chi connectivity index (χ2v) is 5.49. The van der Waals surface area contributed by atoms with Crippen molar-refractivity contribution in [1.29, 1.82) is 0 Å². The Bertz CT molecular complexity index is 475. The van der Waals surface area contributed by atoms with E-state index in [1.54, 1.807) is 7.05 Å². The van der Waals surface area contributed by atoms with Crippen molar-refractivity contribution in [2.75, 3.05) is 40.3 Å². The van der Waals surface area contributed by atoms with E-state index < -0.39 is 0 Å². The van der Waals surface area contributed by atoms with Crippen LogP contribution in [0, 0.1) is 6.92 Å². The average molecular weight is 290 g/mol. The zero-order valence-electron chi connectivity index (χ0n) is 13.2. The standard InChI is InChI=1S/C16H26N4O/c1-13-6-4-5-7-14(13)10-18-16(17-2)19-11-15-12-20(3)8-9-21-15/h4-7,15H,8-12H2,1-3H3,(H2,17,18,19). The maximum atomic E-state index is 5.74. The number of morpholine rings is 1. The van der Waals surface area contributed by atoms with E-state index in [1.165, 1.54) is 11.1 Å². The van der Waals surface area contributed by atoms with Gasteiger partial charge in [-0.05, 0) is 25.1 Å². The molecule has 5 nitrogen and oxygen atoms in total. The molecule has 0 spiro atoms.